The lowest BCUT2D eigenvalue weighted by atomic mass is 9.83. The molecule has 10 heteroatoms. The number of nitrogens with zero attached hydrogens (tertiary/aromatic N) is 2. The van der Waals surface area contributed by atoms with Crippen LogP contribution in [0.3, 0.4) is 0 Å². The van der Waals surface area contributed by atoms with Crippen LogP contribution >= 0.6 is 11.8 Å². The number of thioether (sulfide) groups is 1. The molecule has 2 atom stereocenters. The molecule has 0 bridgehead atoms. The van der Waals surface area contributed by atoms with Gasteiger partial charge in [0.05, 0.1) is 11.8 Å². The van der Waals surface area contributed by atoms with Crippen LogP contribution in [0.1, 0.15) is 57.8 Å². The lowest BCUT2D eigenvalue weighted by Crippen LogP contribution is -2.44. The molecule has 0 saturated heterocycles. The number of nitrogens with two attached hydrogens (primary N) is 1. The number of amides is 2. The summed E-state index contributed by atoms with van der Waals surface area (Å²) in [5.41, 5.74) is 7.83. The van der Waals surface area contributed by atoms with Gasteiger partial charge in [-0.1, -0.05) is 51.1 Å². The number of hydrogen-bond donors (Lipinski definition) is 3. The molecule has 0 saturated carbocycles. The molecule has 0 aliphatic carbocycles. The van der Waals surface area contributed by atoms with Gasteiger partial charge in [-0.15, -0.1) is 0 Å². The predicted octanol–water partition coefficient (Wildman–Crippen LogP) is 5.59. The lowest BCUT2D eigenvalue weighted by Gasteiger charge is -2.41. The van der Waals surface area contributed by atoms with E-state index in [0.29, 0.717) is 37.4 Å². The summed E-state index contributed by atoms with van der Waals surface area (Å²) < 4.78 is 31.3. The van der Waals surface area contributed by atoms with Crippen LogP contribution in [0, 0.1) is 17.0 Å². The van der Waals surface area contributed by atoms with E-state index < -0.39 is 17.0 Å². The maximum absolute atomic E-state index is 15.0. The summed E-state index contributed by atoms with van der Waals surface area (Å²) >= 11 is 1.43. The first kappa shape index (κ1) is 35.3. The van der Waals surface area contributed by atoms with Gasteiger partial charge in [0.2, 0.25) is 11.8 Å². The second-order valence-electron chi connectivity index (χ2n) is 12.2. The van der Waals surface area contributed by atoms with Crippen LogP contribution in [0.5, 0.6) is 0 Å². The van der Waals surface area contributed by atoms with E-state index in [1.54, 1.807) is 0 Å². The van der Waals surface area contributed by atoms with Gasteiger partial charge in [-0.05, 0) is 62.2 Å². The molecule has 0 spiro atoms. The minimum Gasteiger partial charge on any atom is -0.352 e. The van der Waals surface area contributed by atoms with Crippen molar-refractivity contribution in [1.29, 1.82) is 0 Å². The summed E-state index contributed by atoms with van der Waals surface area (Å²) in [5.74, 6) is -0.419. The van der Waals surface area contributed by atoms with E-state index in [0.717, 1.165) is 36.4 Å². The maximum Gasteiger partial charge on any atom is 0.233 e. The van der Waals surface area contributed by atoms with Gasteiger partial charge in [0, 0.05) is 60.9 Å². The monoisotopic (exact) mass is 627 g/mol. The third-order valence-electron chi connectivity index (χ3n) is 7.38. The zero-order valence-corrected chi connectivity index (χ0v) is 27.4. The average Bonchev–Trinajstić information content (AvgIpc) is 3.38. The largest absolute Gasteiger partial charge is 0.352 e. The van der Waals surface area contributed by atoms with E-state index in [4.69, 9.17) is 5.73 Å². The van der Waals surface area contributed by atoms with E-state index in [9.17, 15) is 18.4 Å². The zero-order chi connectivity index (χ0) is 32.3. The van der Waals surface area contributed by atoms with Crippen molar-refractivity contribution in [2.75, 3.05) is 38.2 Å². The molecule has 1 unspecified atom stereocenters. The zero-order valence-electron chi connectivity index (χ0n) is 26.5. The lowest BCUT2D eigenvalue weighted by molar-refractivity contribution is -0.133. The first-order chi connectivity index (χ1) is 20.9. The molecule has 2 aromatic carbocycles. The Hall–Kier alpha value is -3.21. The molecule has 3 rings (SSSR count). The molecule has 2 amide bonds. The third-order valence-corrected chi connectivity index (χ3v) is 8.33. The van der Waals surface area contributed by atoms with Gasteiger partial charge in [0.1, 0.15) is 11.6 Å². The van der Waals surface area contributed by atoms with Gasteiger partial charge in [-0.25, -0.2) is 8.78 Å². The van der Waals surface area contributed by atoms with Crippen LogP contribution in [-0.2, 0) is 16.1 Å². The van der Waals surface area contributed by atoms with Crippen molar-refractivity contribution in [3.05, 3.63) is 83.7 Å². The molecule has 240 valence electrons. The van der Waals surface area contributed by atoms with Crippen LogP contribution in [0.4, 0.5) is 8.78 Å². The van der Waals surface area contributed by atoms with E-state index in [2.05, 4.69) is 36.0 Å². The molecule has 0 aliphatic heterocycles. The Morgan fingerprint density at radius 2 is 1.82 bits per heavy atom. The highest BCUT2D eigenvalue weighted by Crippen LogP contribution is 2.41. The maximum atomic E-state index is 15.0. The van der Waals surface area contributed by atoms with Gasteiger partial charge in [-0.2, -0.15) is 11.8 Å². The molecule has 1 aromatic heterocycles. The first-order valence-corrected chi connectivity index (χ1v) is 16.3. The van der Waals surface area contributed by atoms with E-state index in [-0.39, 0.29) is 35.2 Å². The van der Waals surface area contributed by atoms with Crippen molar-refractivity contribution >= 4 is 23.6 Å². The highest BCUT2D eigenvalue weighted by molar-refractivity contribution is 7.99. The highest BCUT2D eigenvalue weighted by Gasteiger charge is 2.37. The van der Waals surface area contributed by atoms with Gasteiger partial charge in [0.25, 0.3) is 0 Å². The minimum atomic E-state index is -0.516. The second kappa shape index (κ2) is 16.7. The fourth-order valence-corrected chi connectivity index (χ4v) is 6.06. The standard InChI is InChI=1S/C34H47F2N5O2S/c1-24(20-37)39-31(42)14-17-44-23-32(43)41(16-9-15-38-5)33(34(2,3)4)30-18-26(28-19-27(35)12-13-29(28)36)22-40(30)21-25-10-7-6-8-11-25/h6-8,10-13,18-19,22,24,33,38H,9,14-17,20-21,23,37H2,1-5H3,(H,39,42)/t24-,33?/m0/s1. The molecule has 0 aliphatic rings. The summed E-state index contributed by atoms with van der Waals surface area (Å²) in [6.07, 6.45) is 2.89. The number of carbonyl (C=O) groups excluding carboxylic acids is 2. The molecular formula is C34H47F2N5O2S. The smallest absolute Gasteiger partial charge is 0.233 e. The summed E-state index contributed by atoms with van der Waals surface area (Å²) in [5, 5.41) is 6.02. The summed E-state index contributed by atoms with van der Waals surface area (Å²) in [6, 6.07) is 14.8. The number of aromatic nitrogens is 1. The minimum absolute atomic E-state index is 0.0345. The number of carbonyl (C=O) groups is 2. The molecule has 7 nitrogen and oxygen atoms in total. The molecule has 44 heavy (non-hydrogen) atoms. The number of hydrogen-bond acceptors (Lipinski definition) is 5. The molecular weight excluding hydrogens is 580 g/mol. The van der Waals surface area contributed by atoms with Crippen molar-refractivity contribution < 1.29 is 18.4 Å². The van der Waals surface area contributed by atoms with Gasteiger partial charge in [-0.3, -0.25) is 9.59 Å². The molecule has 0 fully saturated rings. The van der Waals surface area contributed by atoms with E-state index in [1.165, 1.54) is 17.8 Å². The Morgan fingerprint density at radius 3 is 2.48 bits per heavy atom. The predicted molar refractivity (Wildman–Crippen MR) is 176 cm³/mol. The SMILES string of the molecule is CNCCCN(C(=O)CSCCC(=O)N[C@@H](C)CN)C(c1cc(-c2cc(F)ccc2F)cn1Cc1ccccc1)C(C)(C)C. The van der Waals surface area contributed by atoms with Crippen molar-refractivity contribution in [3.8, 4) is 11.1 Å². The Morgan fingerprint density at radius 1 is 1.09 bits per heavy atom. The van der Waals surface area contributed by atoms with Gasteiger partial charge in [0.15, 0.2) is 0 Å². The molecule has 0 radical (unpaired) electrons. The molecule has 4 N–H and O–H groups in total. The van der Waals surface area contributed by atoms with Crippen LogP contribution in [0.2, 0.25) is 0 Å². The average molecular weight is 628 g/mol. The van der Waals surface area contributed by atoms with E-state index in [1.807, 2.05) is 61.5 Å². The summed E-state index contributed by atoms with van der Waals surface area (Å²) in [4.78, 5) is 28.1. The molecule has 3 aromatic rings. The van der Waals surface area contributed by atoms with Gasteiger partial charge >= 0.3 is 0 Å². The first-order valence-electron chi connectivity index (χ1n) is 15.1. The number of nitrogens with one attached hydrogen (secondary N) is 2. The second-order valence-corrected chi connectivity index (χ2v) is 13.3. The number of halogens is 2. The summed E-state index contributed by atoms with van der Waals surface area (Å²) in [7, 11) is 1.88. The third kappa shape index (κ3) is 10.2. The van der Waals surface area contributed by atoms with Crippen LogP contribution < -0.4 is 16.4 Å². The normalized spacial score (nSPS) is 13.0. The fraction of sp³-hybridized carbons (Fsp3) is 0.471. The quantitative estimate of drug-likeness (QED) is 0.180. The van der Waals surface area contributed by atoms with Crippen LogP contribution in [0.15, 0.2) is 60.8 Å². The Kier molecular flexibility index (Phi) is 13.4. The van der Waals surface area contributed by atoms with Crippen molar-refractivity contribution in [2.24, 2.45) is 11.1 Å². The summed E-state index contributed by atoms with van der Waals surface area (Å²) in [6.45, 7) is 10.2. The Labute approximate surface area is 265 Å². The Balaban J connectivity index is 1.99. The topological polar surface area (TPSA) is 92.4 Å². The van der Waals surface area contributed by atoms with Crippen molar-refractivity contribution in [2.45, 2.75) is 59.2 Å². The fourth-order valence-electron chi connectivity index (χ4n) is 5.25. The van der Waals surface area contributed by atoms with E-state index >= 15 is 0 Å². The Bertz CT molecular complexity index is 1360. The van der Waals surface area contributed by atoms with Crippen molar-refractivity contribution in [1.82, 2.24) is 20.1 Å². The van der Waals surface area contributed by atoms with Crippen molar-refractivity contribution in [3.63, 3.8) is 0 Å². The van der Waals surface area contributed by atoms with Gasteiger partial charge < -0.3 is 25.8 Å². The number of benzene rings is 2. The van der Waals surface area contributed by atoms with Crippen LogP contribution in [-0.4, -0.2) is 65.5 Å². The molecule has 1 heterocycles. The highest BCUT2D eigenvalue weighted by atomic mass is 32.2. The number of rotatable bonds is 16. The van der Waals surface area contributed by atoms with Crippen LogP contribution in [0.25, 0.3) is 11.1 Å².